The average molecular weight is 585 g/mol. The number of methoxy groups -OCH3 is 1. The van der Waals surface area contributed by atoms with Crippen LogP contribution in [0.15, 0.2) is 71.4 Å². The first-order valence-electron chi connectivity index (χ1n) is 12.2. The Morgan fingerprint density at radius 1 is 0.974 bits per heavy atom. The van der Waals surface area contributed by atoms with E-state index in [1.807, 2.05) is 18.2 Å². The van der Waals surface area contributed by atoms with Gasteiger partial charge in [-0.05, 0) is 49.2 Å². The monoisotopic (exact) mass is 583 g/mol. The number of ketones is 1. The maximum atomic E-state index is 13.7. The maximum absolute atomic E-state index is 13.7. The van der Waals surface area contributed by atoms with Gasteiger partial charge in [0.2, 0.25) is 0 Å². The van der Waals surface area contributed by atoms with Crippen molar-refractivity contribution in [2.45, 2.75) is 26.4 Å². The van der Waals surface area contributed by atoms with Crippen LogP contribution < -0.4 is 14.8 Å². The highest BCUT2D eigenvalue weighted by Crippen LogP contribution is 2.49. The number of nitrogens with one attached hydrogen (secondary N) is 1. The topological polar surface area (TPSA) is 73.9 Å². The summed E-state index contributed by atoms with van der Waals surface area (Å²) in [5, 5.41) is 4.40. The molecule has 0 spiro atoms. The van der Waals surface area contributed by atoms with Crippen LogP contribution in [0, 0.1) is 0 Å². The number of ether oxygens (including phenoxy) is 3. The molecule has 200 valence electrons. The number of carbonyl (C=O) groups excluding carboxylic acids is 2. The van der Waals surface area contributed by atoms with Gasteiger partial charge in [-0.25, -0.2) is 4.79 Å². The third kappa shape index (κ3) is 4.89. The Morgan fingerprint density at radius 2 is 1.72 bits per heavy atom. The van der Waals surface area contributed by atoms with Gasteiger partial charge in [0, 0.05) is 28.3 Å². The van der Waals surface area contributed by atoms with Gasteiger partial charge < -0.3 is 19.5 Å². The molecule has 1 heterocycles. The van der Waals surface area contributed by atoms with E-state index in [4.69, 9.17) is 49.0 Å². The fourth-order valence-corrected chi connectivity index (χ4v) is 5.57. The Balaban J connectivity index is 1.59. The van der Waals surface area contributed by atoms with E-state index in [9.17, 15) is 9.59 Å². The van der Waals surface area contributed by atoms with Crippen molar-refractivity contribution in [3.8, 4) is 11.5 Å². The number of carbonyl (C=O) groups is 2. The zero-order valence-electron chi connectivity index (χ0n) is 21.4. The Bertz CT molecular complexity index is 1580. The van der Waals surface area contributed by atoms with Crippen LogP contribution in [0.2, 0.25) is 15.1 Å². The van der Waals surface area contributed by atoms with Gasteiger partial charge in [0.25, 0.3) is 0 Å². The molecule has 0 saturated heterocycles. The lowest BCUT2D eigenvalue weighted by Gasteiger charge is -2.29. The van der Waals surface area contributed by atoms with Gasteiger partial charge >= 0.3 is 5.97 Å². The van der Waals surface area contributed by atoms with E-state index in [1.165, 1.54) is 7.11 Å². The minimum absolute atomic E-state index is 0.163. The number of benzene rings is 3. The number of fused-ring (bicyclic) bond motifs is 2. The largest absolute Gasteiger partial charge is 0.493 e. The normalized spacial score (nSPS) is 16.1. The fourth-order valence-electron chi connectivity index (χ4n) is 4.97. The van der Waals surface area contributed by atoms with Gasteiger partial charge in [0.05, 0.1) is 40.1 Å². The molecule has 5 rings (SSSR count). The van der Waals surface area contributed by atoms with E-state index in [0.717, 1.165) is 11.1 Å². The second kappa shape index (κ2) is 11.0. The SMILES string of the molecule is CCOC(=O)C1=C(C)NC2=C(C(=O)c3ccccc32)[C@@H]1c1cc(Cl)c(OCc2ccc(Cl)c(Cl)c2)c(OC)c1. The van der Waals surface area contributed by atoms with E-state index in [-0.39, 0.29) is 24.0 Å². The number of dihydropyridines is 1. The van der Waals surface area contributed by atoms with Crippen molar-refractivity contribution in [3.05, 3.63) is 109 Å². The zero-order chi connectivity index (χ0) is 27.8. The molecule has 1 aliphatic carbocycles. The molecule has 3 aromatic carbocycles. The van der Waals surface area contributed by atoms with Crippen molar-refractivity contribution < 1.29 is 23.8 Å². The second-order valence-electron chi connectivity index (χ2n) is 9.05. The summed E-state index contributed by atoms with van der Waals surface area (Å²) in [4.78, 5) is 26.9. The lowest BCUT2D eigenvalue weighted by Crippen LogP contribution is -2.29. The molecular weight excluding hydrogens is 561 g/mol. The number of allylic oxidation sites excluding steroid dienone is 2. The quantitative estimate of drug-likeness (QED) is 0.292. The number of esters is 1. The fraction of sp³-hybridized carbons (Fsp3) is 0.200. The number of rotatable bonds is 7. The highest BCUT2D eigenvalue weighted by atomic mass is 35.5. The molecule has 0 fully saturated rings. The van der Waals surface area contributed by atoms with Crippen LogP contribution in [0.25, 0.3) is 5.70 Å². The molecule has 0 unspecified atom stereocenters. The molecule has 0 radical (unpaired) electrons. The van der Waals surface area contributed by atoms with E-state index < -0.39 is 11.9 Å². The van der Waals surface area contributed by atoms with Crippen molar-refractivity contribution in [2.75, 3.05) is 13.7 Å². The summed E-state index contributed by atoms with van der Waals surface area (Å²) in [6.07, 6.45) is 0. The van der Waals surface area contributed by atoms with Crippen LogP contribution in [0.1, 0.15) is 46.8 Å². The van der Waals surface area contributed by atoms with Crippen LogP contribution in [-0.4, -0.2) is 25.5 Å². The van der Waals surface area contributed by atoms with Crippen LogP contribution in [0.4, 0.5) is 0 Å². The van der Waals surface area contributed by atoms with Gasteiger partial charge in [-0.1, -0.05) is 65.1 Å². The summed E-state index contributed by atoms with van der Waals surface area (Å²) in [7, 11) is 1.50. The van der Waals surface area contributed by atoms with Crippen LogP contribution in [0.3, 0.4) is 0 Å². The van der Waals surface area contributed by atoms with Crippen LogP contribution in [0.5, 0.6) is 11.5 Å². The molecular formula is C30H24Cl3NO5. The Morgan fingerprint density at radius 3 is 2.41 bits per heavy atom. The second-order valence-corrected chi connectivity index (χ2v) is 10.3. The van der Waals surface area contributed by atoms with Gasteiger partial charge in [-0.15, -0.1) is 0 Å². The number of Topliss-reactive ketones (excluding diaryl/α,β-unsaturated/α-hetero) is 1. The Kier molecular flexibility index (Phi) is 7.63. The number of hydrogen-bond acceptors (Lipinski definition) is 6. The Labute approximate surface area is 241 Å². The summed E-state index contributed by atoms with van der Waals surface area (Å²) in [6, 6.07) is 16.0. The molecule has 6 nitrogen and oxygen atoms in total. The molecule has 0 aromatic heterocycles. The predicted molar refractivity (Wildman–Crippen MR) is 152 cm³/mol. The molecule has 0 saturated carbocycles. The first-order valence-corrected chi connectivity index (χ1v) is 13.4. The summed E-state index contributed by atoms with van der Waals surface area (Å²) in [5.74, 6) is -0.755. The van der Waals surface area contributed by atoms with E-state index >= 15 is 0 Å². The molecule has 1 aliphatic heterocycles. The smallest absolute Gasteiger partial charge is 0.336 e. The molecule has 0 amide bonds. The van der Waals surface area contributed by atoms with E-state index in [1.54, 1.807) is 50.2 Å². The van der Waals surface area contributed by atoms with E-state index in [2.05, 4.69) is 5.32 Å². The first-order chi connectivity index (χ1) is 18.7. The standard InChI is InChI=1S/C30H24Cl3NO5/c1-4-38-30(36)24-15(2)34-27-18-7-5-6-8-19(18)28(35)26(27)25(24)17-12-22(33)29(23(13-17)37-3)39-14-16-9-10-20(31)21(32)11-16/h5-13,25,34H,4,14H2,1-3H3/t25-/m1/s1. The highest BCUT2D eigenvalue weighted by Gasteiger charge is 2.43. The Hall–Kier alpha value is -3.45. The number of hydrogen-bond donors (Lipinski definition) is 1. The highest BCUT2D eigenvalue weighted by molar-refractivity contribution is 6.42. The van der Waals surface area contributed by atoms with Crippen LogP contribution >= 0.6 is 34.8 Å². The summed E-state index contributed by atoms with van der Waals surface area (Å²) in [5.41, 5.74) is 4.78. The van der Waals surface area contributed by atoms with Crippen molar-refractivity contribution in [1.29, 1.82) is 0 Å². The average Bonchev–Trinajstić information content (AvgIpc) is 3.20. The predicted octanol–water partition coefficient (Wildman–Crippen LogP) is 7.37. The molecule has 9 heteroatoms. The molecule has 39 heavy (non-hydrogen) atoms. The summed E-state index contributed by atoms with van der Waals surface area (Å²) < 4.78 is 17.1. The third-order valence-corrected chi connectivity index (χ3v) is 7.72. The van der Waals surface area contributed by atoms with Crippen molar-refractivity contribution in [3.63, 3.8) is 0 Å². The lowest BCUT2D eigenvalue weighted by molar-refractivity contribution is -0.138. The molecule has 3 aromatic rings. The lowest BCUT2D eigenvalue weighted by atomic mass is 9.79. The third-order valence-electron chi connectivity index (χ3n) is 6.70. The molecule has 0 bridgehead atoms. The summed E-state index contributed by atoms with van der Waals surface area (Å²) in [6.45, 7) is 3.88. The molecule has 1 N–H and O–H groups in total. The zero-order valence-corrected chi connectivity index (χ0v) is 23.6. The van der Waals surface area contributed by atoms with Gasteiger partial charge in [-0.2, -0.15) is 0 Å². The minimum Gasteiger partial charge on any atom is -0.493 e. The minimum atomic E-state index is -0.740. The van der Waals surface area contributed by atoms with Gasteiger partial charge in [-0.3, -0.25) is 4.79 Å². The summed E-state index contributed by atoms with van der Waals surface area (Å²) >= 11 is 18.9. The van der Waals surface area contributed by atoms with Crippen molar-refractivity contribution >= 4 is 52.3 Å². The maximum Gasteiger partial charge on any atom is 0.336 e. The van der Waals surface area contributed by atoms with Crippen molar-refractivity contribution in [2.24, 2.45) is 0 Å². The molecule has 1 atom stereocenters. The molecule has 2 aliphatic rings. The first kappa shape index (κ1) is 27.1. The van der Waals surface area contributed by atoms with Crippen molar-refractivity contribution in [1.82, 2.24) is 5.32 Å². The number of halogens is 3. The van der Waals surface area contributed by atoms with E-state index in [0.29, 0.717) is 55.2 Å². The van der Waals surface area contributed by atoms with Gasteiger partial charge in [0.15, 0.2) is 17.3 Å². The van der Waals surface area contributed by atoms with Gasteiger partial charge in [0.1, 0.15) is 6.61 Å². The van der Waals surface area contributed by atoms with Crippen LogP contribution in [-0.2, 0) is 16.1 Å².